The second-order valence-electron chi connectivity index (χ2n) is 3.30. The molecule has 1 unspecified atom stereocenters. The van der Waals surface area contributed by atoms with Gasteiger partial charge in [0, 0.05) is 24.1 Å². The molecule has 1 N–H and O–H groups in total. The topological polar surface area (TPSA) is 57.6 Å². The van der Waals surface area contributed by atoms with Crippen molar-refractivity contribution in [1.29, 1.82) is 0 Å². The molecular weight excluding hydrogens is 222 g/mol. The van der Waals surface area contributed by atoms with Crippen LogP contribution in [0.2, 0.25) is 0 Å². The third-order valence-electron chi connectivity index (χ3n) is 2.30. The van der Waals surface area contributed by atoms with Crippen molar-refractivity contribution in [3.63, 3.8) is 0 Å². The van der Waals surface area contributed by atoms with Gasteiger partial charge in [-0.15, -0.1) is 0 Å². The molecule has 84 valence electrons. The Balaban J connectivity index is 2.59. The van der Waals surface area contributed by atoms with E-state index in [-0.39, 0.29) is 12.4 Å². The van der Waals surface area contributed by atoms with Crippen molar-refractivity contribution >= 4 is 21.8 Å². The summed E-state index contributed by atoms with van der Waals surface area (Å²) in [5.41, 5.74) is 0. The van der Waals surface area contributed by atoms with E-state index in [0.717, 1.165) is 12.2 Å². The Morgan fingerprint density at radius 3 is 2.86 bits per heavy atom. The Morgan fingerprint density at radius 2 is 2.29 bits per heavy atom. The molecule has 14 heavy (non-hydrogen) atoms. The van der Waals surface area contributed by atoms with Crippen molar-refractivity contribution in [3.05, 3.63) is 0 Å². The molecule has 0 amide bonds. The maximum atomic E-state index is 11.6. The molecule has 4 nitrogen and oxygen atoms in total. The van der Waals surface area contributed by atoms with Gasteiger partial charge in [0.05, 0.1) is 12.4 Å². The SMILES string of the molecule is CCC1CN(S(=O)(=O)CCO)CCS1. The van der Waals surface area contributed by atoms with Gasteiger partial charge in [-0.05, 0) is 6.42 Å². The molecule has 1 fully saturated rings. The highest BCUT2D eigenvalue weighted by atomic mass is 32.2. The normalized spacial score (nSPS) is 25.1. The summed E-state index contributed by atoms with van der Waals surface area (Å²) in [4.78, 5) is 0. The van der Waals surface area contributed by atoms with Crippen molar-refractivity contribution in [2.45, 2.75) is 18.6 Å². The summed E-state index contributed by atoms with van der Waals surface area (Å²) in [6.45, 7) is 2.97. The van der Waals surface area contributed by atoms with Crippen LogP contribution in [0, 0.1) is 0 Å². The van der Waals surface area contributed by atoms with E-state index in [1.165, 1.54) is 4.31 Å². The van der Waals surface area contributed by atoms with Gasteiger partial charge in [0.15, 0.2) is 0 Å². The lowest BCUT2D eigenvalue weighted by molar-refractivity contribution is 0.314. The van der Waals surface area contributed by atoms with Gasteiger partial charge in [0.1, 0.15) is 0 Å². The second-order valence-corrected chi connectivity index (χ2v) is 6.80. The second kappa shape index (κ2) is 5.34. The molecule has 0 spiro atoms. The number of aliphatic hydroxyl groups is 1. The fourth-order valence-corrected chi connectivity index (χ4v) is 4.09. The van der Waals surface area contributed by atoms with Crippen LogP contribution in [0.4, 0.5) is 0 Å². The van der Waals surface area contributed by atoms with Gasteiger partial charge in [-0.1, -0.05) is 6.92 Å². The van der Waals surface area contributed by atoms with E-state index in [2.05, 4.69) is 6.92 Å². The first-order chi connectivity index (χ1) is 6.60. The van der Waals surface area contributed by atoms with E-state index in [4.69, 9.17) is 5.11 Å². The number of hydrogen-bond acceptors (Lipinski definition) is 4. The maximum absolute atomic E-state index is 11.6. The minimum atomic E-state index is -3.21. The molecule has 1 heterocycles. The average molecular weight is 239 g/mol. The summed E-state index contributed by atoms with van der Waals surface area (Å²) >= 11 is 1.83. The lowest BCUT2D eigenvalue weighted by Gasteiger charge is -2.30. The molecular formula is C8H17NO3S2. The van der Waals surface area contributed by atoms with E-state index >= 15 is 0 Å². The highest BCUT2D eigenvalue weighted by Gasteiger charge is 2.27. The zero-order valence-corrected chi connectivity index (χ0v) is 9.98. The fraction of sp³-hybridized carbons (Fsp3) is 1.00. The summed E-state index contributed by atoms with van der Waals surface area (Å²) in [7, 11) is -3.21. The van der Waals surface area contributed by atoms with Crippen LogP contribution >= 0.6 is 11.8 Å². The van der Waals surface area contributed by atoms with Gasteiger partial charge in [-0.25, -0.2) is 8.42 Å². The van der Waals surface area contributed by atoms with Gasteiger partial charge >= 0.3 is 0 Å². The van der Waals surface area contributed by atoms with E-state index in [1.807, 2.05) is 11.8 Å². The Labute approximate surface area is 89.7 Å². The van der Waals surface area contributed by atoms with Crippen LogP contribution in [0.5, 0.6) is 0 Å². The van der Waals surface area contributed by atoms with Crippen molar-refractivity contribution in [2.75, 3.05) is 31.2 Å². The van der Waals surface area contributed by atoms with Crippen LogP contribution < -0.4 is 0 Å². The lowest BCUT2D eigenvalue weighted by Crippen LogP contribution is -2.43. The zero-order valence-electron chi connectivity index (χ0n) is 8.35. The van der Waals surface area contributed by atoms with Gasteiger partial charge < -0.3 is 5.11 Å². The molecule has 0 aliphatic carbocycles. The van der Waals surface area contributed by atoms with Crippen molar-refractivity contribution in [3.8, 4) is 0 Å². The van der Waals surface area contributed by atoms with Gasteiger partial charge in [-0.2, -0.15) is 16.1 Å². The van der Waals surface area contributed by atoms with Crippen LogP contribution in [0.15, 0.2) is 0 Å². The fourth-order valence-electron chi connectivity index (χ4n) is 1.44. The number of hydrogen-bond donors (Lipinski definition) is 1. The molecule has 1 atom stereocenters. The standard InChI is InChI=1S/C8H17NO3S2/c1-2-8-7-9(3-5-13-8)14(11,12)6-4-10/h8,10H,2-7H2,1H3. The predicted molar refractivity (Wildman–Crippen MR) is 59.0 cm³/mol. The highest BCUT2D eigenvalue weighted by molar-refractivity contribution is 8.00. The molecule has 6 heteroatoms. The van der Waals surface area contributed by atoms with Crippen LogP contribution in [0.25, 0.3) is 0 Å². The minimum Gasteiger partial charge on any atom is -0.395 e. The van der Waals surface area contributed by atoms with E-state index in [1.54, 1.807) is 0 Å². The molecule has 0 bridgehead atoms. The van der Waals surface area contributed by atoms with E-state index in [0.29, 0.717) is 18.3 Å². The molecule has 1 saturated heterocycles. The van der Waals surface area contributed by atoms with Crippen molar-refractivity contribution in [1.82, 2.24) is 4.31 Å². The smallest absolute Gasteiger partial charge is 0.216 e. The van der Waals surface area contributed by atoms with E-state index < -0.39 is 10.0 Å². The Kier molecular flexibility index (Phi) is 4.69. The predicted octanol–water partition coefficient (Wildman–Crippen LogP) is 0.136. The van der Waals surface area contributed by atoms with E-state index in [9.17, 15) is 8.42 Å². The van der Waals surface area contributed by atoms with Crippen LogP contribution in [-0.2, 0) is 10.0 Å². The molecule has 0 radical (unpaired) electrons. The Morgan fingerprint density at radius 1 is 1.57 bits per heavy atom. The lowest BCUT2D eigenvalue weighted by atomic mass is 10.3. The van der Waals surface area contributed by atoms with Crippen molar-refractivity contribution < 1.29 is 13.5 Å². The number of nitrogens with zero attached hydrogens (tertiary/aromatic N) is 1. The number of thioether (sulfide) groups is 1. The Bertz CT molecular complexity index is 266. The quantitative estimate of drug-likeness (QED) is 0.758. The Hall–Kier alpha value is 0.220. The van der Waals surface area contributed by atoms with Crippen LogP contribution in [0.1, 0.15) is 13.3 Å². The van der Waals surface area contributed by atoms with Gasteiger partial charge in [0.2, 0.25) is 10.0 Å². The summed E-state index contributed by atoms with van der Waals surface area (Å²) in [6, 6.07) is 0. The van der Waals surface area contributed by atoms with Crippen molar-refractivity contribution in [2.24, 2.45) is 0 Å². The first-order valence-electron chi connectivity index (χ1n) is 4.80. The molecule has 0 saturated carbocycles. The zero-order chi connectivity index (χ0) is 10.6. The average Bonchev–Trinajstić information content (AvgIpc) is 2.18. The van der Waals surface area contributed by atoms with Crippen LogP contribution in [0.3, 0.4) is 0 Å². The third-order valence-corrected chi connectivity index (χ3v) is 5.49. The number of rotatable bonds is 4. The highest BCUT2D eigenvalue weighted by Crippen LogP contribution is 2.22. The van der Waals surface area contributed by atoms with Gasteiger partial charge in [0.25, 0.3) is 0 Å². The third kappa shape index (κ3) is 3.12. The molecule has 1 aliphatic rings. The first kappa shape index (κ1) is 12.3. The molecule has 0 aromatic carbocycles. The minimum absolute atomic E-state index is 0.145. The number of aliphatic hydroxyl groups excluding tert-OH is 1. The molecule has 0 aromatic heterocycles. The maximum Gasteiger partial charge on any atom is 0.216 e. The summed E-state index contributed by atoms with van der Waals surface area (Å²) in [5, 5.41) is 9.06. The van der Waals surface area contributed by atoms with Gasteiger partial charge in [-0.3, -0.25) is 0 Å². The monoisotopic (exact) mass is 239 g/mol. The number of sulfonamides is 1. The summed E-state index contributed by atoms with van der Waals surface area (Å²) in [6.07, 6.45) is 0.996. The summed E-state index contributed by atoms with van der Waals surface area (Å²) < 4.78 is 24.7. The molecule has 0 aromatic rings. The molecule has 1 rings (SSSR count). The largest absolute Gasteiger partial charge is 0.395 e. The van der Waals surface area contributed by atoms with Crippen LogP contribution in [-0.4, -0.2) is 54.3 Å². The molecule has 1 aliphatic heterocycles. The summed E-state index contributed by atoms with van der Waals surface area (Å²) in [5.74, 6) is 0.720. The first-order valence-corrected chi connectivity index (χ1v) is 7.46.